The molecule has 4 nitrogen and oxygen atoms in total. The summed E-state index contributed by atoms with van der Waals surface area (Å²) in [5.41, 5.74) is 5.96. The van der Waals surface area contributed by atoms with E-state index in [0.717, 1.165) is 0 Å². The fraction of sp³-hybridized carbons (Fsp3) is 0.300. The molecule has 0 aliphatic carbocycles. The third-order valence-electron chi connectivity index (χ3n) is 2.04. The van der Waals surface area contributed by atoms with Gasteiger partial charge >= 0.3 is 0 Å². The van der Waals surface area contributed by atoms with Crippen molar-refractivity contribution in [3.8, 4) is 0 Å². The topological polar surface area (TPSA) is 70.6 Å². The minimum absolute atomic E-state index is 0.106. The Kier molecular flexibility index (Phi) is 5.02. The number of hydrogen-bond acceptors (Lipinski definition) is 3. The summed E-state index contributed by atoms with van der Waals surface area (Å²) in [7, 11) is 0. The molecule has 7 heteroatoms. The summed E-state index contributed by atoms with van der Waals surface area (Å²) < 4.78 is 13.5. The Bertz CT molecular complexity index is 419. The monoisotopic (exact) mass is 323 g/mol. The summed E-state index contributed by atoms with van der Waals surface area (Å²) in [5, 5.41) is 14.6. The summed E-state index contributed by atoms with van der Waals surface area (Å²) in [6.07, 6.45) is 0.344. The molecule has 17 heavy (non-hydrogen) atoms. The Hall–Kier alpha value is -1.01. The van der Waals surface area contributed by atoms with Crippen LogP contribution in [0.4, 0.5) is 10.1 Å². The predicted octanol–water partition coefficient (Wildman–Crippen LogP) is 3.18. The Morgan fingerprint density at radius 1 is 1.71 bits per heavy atom. The molecule has 0 saturated heterocycles. The van der Waals surface area contributed by atoms with Crippen LogP contribution >= 0.6 is 27.5 Å². The lowest BCUT2D eigenvalue weighted by Gasteiger charge is -2.17. The smallest absolute Gasteiger partial charge is 0.141 e. The number of anilines is 1. The van der Waals surface area contributed by atoms with Crippen molar-refractivity contribution < 1.29 is 9.60 Å². The van der Waals surface area contributed by atoms with Gasteiger partial charge in [0.25, 0.3) is 0 Å². The van der Waals surface area contributed by atoms with E-state index in [-0.39, 0.29) is 16.9 Å². The molecule has 0 heterocycles. The molecule has 1 atom stereocenters. The average molecular weight is 325 g/mol. The summed E-state index contributed by atoms with van der Waals surface area (Å²) in [5.74, 6) is -0.309. The molecule has 0 aliphatic rings. The molecular formula is C10H12BrClFN3O. The zero-order valence-corrected chi connectivity index (χ0v) is 11.4. The fourth-order valence-corrected chi connectivity index (χ4v) is 2.25. The first-order valence-corrected chi connectivity index (χ1v) is 5.98. The maximum absolute atomic E-state index is 13.0. The molecule has 0 radical (unpaired) electrons. The Labute approximate surface area is 112 Å². The van der Waals surface area contributed by atoms with Crippen LogP contribution in [0.3, 0.4) is 0 Å². The van der Waals surface area contributed by atoms with Gasteiger partial charge < -0.3 is 16.3 Å². The first-order chi connectivity index (χ1) is 7.93. The lowest BCUT2D eigenvalue weighted by molar-refractivity contribution is 0.316. The SMILES string of the molecule is CC(CC(N)=NO)Nc1c(Cl)cc(F)cc1Br. The minimum atomic E-state index is -0.420. The van der Waals surface area contributed by atoms with E-state index in [9.17, 15) is 4.39 Å². The molecule has 0 fully saturated rings. The number of halogens is 3. The third-order valence-corrected chi connectivity index (χ3v) is 2.96. The first kappa shape index (κ1) is 14.1. The highest BCUT2D eigenvalue weighted by molar-refractivity contribution is 9.10. The van der Waals surface area contributed by atoms with Gasteiger partial charge in [0.15, 0.2) is 0 Å². The summed E-state index contributed by atoms with van der Waals surface area (Å²) >= 11 is 9.12. The second-order valence-corrected chi connectivity index (χ2v) is 4.85. The second-order valence-electron chi connectivity index (χ2n) is 3.59. The van der Waals surface area contributed by atoms with Crippen LogP contribution in [0.15, 0.2) is 21.8 Å². The normalized spacial score (nSPS) is 13.5. The molecule has 0 amide bonds. The van der Waals surface area contributed by atoms with Crippen LogP contribution < -0.4 is 11.1 Å². The maximum atomic E-state index is 13.0. The summed E-state index contributed by atoms with van der Waals surface area (Å²) in [6, 6.07) is 2.42. The zero-order chi connectivity index (χ0) is 13.0. The van der Waals surface area contributed by atoms with Crippen LogP contribution in [0, 0.1) is 5.82 Å². The highest BCUT2D eigenvalue weighted by atomic mass is 79.9. The van der Waals surface area contributed by atoms with Crippen molar-refractivity contribution in [1.82, 2.24) is 0 Å². The van der Waals surface area contributed by atoms with Gasteiger partial charge in [-0.25, -0.2) is 4.39 Å². The Morgan fingerprint density at radius 3 is 2.88 bits per heavy atom. The first-order valence-electron chi connectivity index (χ1n) is 4.81. The Balaban J connectivity index is 2.81. The van der Waals surface area contributed by atoms with Crippen LogP contribution in [0.5, 0.6) is 0 Å². The highest BCUT2D eigenvalue weighted by Gasteiger charge is 2.12. The van der Waals surface area contributed by atoms with Crippen molar-refractivity contribution in [2.75, 3.05) is 5.32 Å². The van der Waals surface area contributed by atoms with E-state index in [1.165, 1.54) is 12.1 Å². The van der Waals surface area contributed by atoms with Crippen molar-refractivity contribution in [1.29, 1.82) is 0 Å². The molecular weight excluding hydrogens is 312 g/mol. The number of nitrogens with two attached hydrogens (primary N) is 1. The fourth-order valence-electron chi connectivity index (χ4n) is 1.33. The molecule has 1 aromatic rings. The van der Waals surface area contributed by atoms with Gasteiger partial charge in [0, 0.05) is 16.9 Å². The molecule has 0 spiro atoms. The molecule has 0 saturated carbocycles. The van der Waals surface area contributed by atoms with E-state index in [1.807, 2.05) is 6.92 Å². The van der Waals surface area contributed by atoms with Crippen molar-refractivity contribution in [2.24, 2.45) is 10.9 Å². The van der Waals surface area contributed by atoms with E-state index in [2.05, 4.69) is 26.4 Å². The van der Waals surface area contributed by atoms with Gasteiger partial charge in [-0.15, -0.1) is 0 Å². The van der Waals surface area contributed by atoms with Crippen molar-refractivity contribution >= 4 is 39.1 Å². The number of rotatable bonds is 4. The lowest BCUT2D eigenvalue weighted by Crippen LogP contribution is -2.24. The number of amidine groups is 1. The van der Waals surface area contributed by atoms with Crippen LogP contribution in [0.1, 0.15) is 13.3 Å². The third kappa shape index (κ3) is 4.05. The van der Waals surface area contributed by atoms with Gasteiger partial charge in [0.2, 0.25) is 0 Å². The van der Waals surface area contributed by atoms with Gasteiger partial charge in [-0.3, -0.25) is 0 Å². The summed E-state index contributed by atoms with van der Waals surface area (Å²) in [6.45, 7) is 1.84. The highest BCUT2D eigenvalue weighted by Crippen LogP contribution is 2.32. The molecule has 1 rings (SSSR count). The molecule has 0 aliphatic heterocycles. The minimum Gasteiger partial charge on any atom is -0.409 e. The Morgan fingerprint density at radius 2 is 2.35 bits per heavy atom. The van der Waals surface area contributed by atoms with Crippen LogP contribution in [0.25, 0.3) is 0 Å². The lowest BCUT2D eigenvalue weighted by atomic mass is 10.2. The van der Waals surface area contributed by atoms with E-state index in [1.54, 1.807) is 0 Å². The number of oxime groups is 1. The van der Waals surface area contributed by atoms with E-state index in [0.29, 0.717) is 16.6 Å². The average Bonchev–Trinajstić information content (AvgIpc) is 2.23. The van der Waals surface area contributed by atoms with E-state index in [4.69, 9.17) is 22.5 Å². The van der Waals surface area contributed by atoms with E-state index >= 15 is 0 Å². The second kappa shape index (κ2) is 6.07. The van der Waals surface area contributed by atoms with Gasteiger partial charge in [0.05, 0.1) is 10.7 Å². The number of nitrogens with one attached hydrogen (secondary N) is 1. The number of nitrogens with zero attached hydrogens (tertiary/aromatic N) is 1. The molecule has 1 aromatic carbocycles. The molecule has 0 bridgehead atoms. The quantitative estimate of drug-likeness (QED) is 0.345. The van der Waals surface area contributed by atoms with Crippen LogP contribution in [-0.2, 0) is 0 Å². The molecule has 94 valence electrons. The van der Waals surface area contributed by atoms with Gasteiger partial charge in [0.1, 0.15) is 11.7 Å². The van der Waals surface area contributed by atoms with Crippen molar-refractivity contribution in [3.63, 3.8) is 0 Å². The largest absolute Gasteiger partial charge is 0.409 e. The predicted molar refractivity (Wildman–Crippen MR) is 70.2 cm³/mol. The van der Waals surface area contributed by atoms with Crippen LogP contribution in [0.2, 0.25) is 5.02 Å². The van der Waals surface area contributed by atoms with Gasteiger partial charge in [-0.05, 0) is 35.0 Å². The van der Waals surface area contributed by atoms with E-state index < -0.39 is 5.82 Å². The maximum Gasteiger partial charge on any atom is 0.141 e. The number of benzene rings is 1. The van der Waals surface area contributed by atoms with Crippen LogP contribution in [-0.4, -0.2) is 17.1 Å². The standard InChI is InChI=1S/C10H12BrClFN3O/c1-5(2-9(14)16-17)15-10-7(11)3-6(13)4-8(10)12/h3-5,15,17H,2H2,1H3,(H2,14,16). The van der Waals surface area contributed by atoms with Crippen molar-refractivity contribution in [2.45, 2.75) is 19.4 Å². The molecule has 4 N–H and O–H groups in total. The molecule has 1 unspecified atom stereocenters. The summed E-state index contributed by atoms with van der Waals surface area (Å²) in [4.78, 5) is 0. The van der Waals surface area contributed by atoms with Gasteiger partial charge in [-0.1, -0.05) is 16.8 Å². The van der Waals surface area contributed by atoms with Gasteiger partial charge in [-0.2, -0.15) is 0 Å². The number of hydrogen-bond donors (Lipinski definition) is 3. The zero-order valence-electron chi connectivity index (χ0n) is 9.04. The van der Waals surface area contributed by atoms with Crippen molar-refractivity contribution in [3.05, 3.63) is 27.4 Å². The molecule has 0 aromatic heterocycles.